The molecule has 0 fully saturated rings. The molecule has 0 radical (unpaired) electrons. The molecule has 0 spiro atoms. The average molecular weight is 347 g/mol. The third-order valence-electron chi connectivity index (χ3n) is 4.46. The van der Waals surface area contributed by atoms with E-state index >= 15 is 0 Å². The van der Waals surface area contributed by atoms with Gasteiger partial charge in [-0.05, 0) is 42.5 Å². The zero-order valence-electron chi connectivity index (χ0n) is 14.6. The van der Waals surface area contributed by atoms with E-state index in [9.17, 15) is 4.79 Å². The van der Waals surface area contributed by atoms with Gasteiger partial charge in [-0.1, -0.05) is 55.5 Å². The fourth-order valence-electron chi connectivity index (χ4n) is 2.84. The van der Waals surface area contributed by atoms with E-state index in [1.807, 2.05) is 37.3 Å². The highest BCUT2D eigenvalue weighted by atomic mass is 35.5. The molecule has 2 rings (SSSR count). The Bertz CT molecular complexity index is 638. The molecule has 0 aliphatic heterocycles. The molecule has 24 heavy (non-hydrogen) atoms. The third kappa shape index (κ3) is 5.08. The second-order valence-corrected chi connectivity index (χ2v) is 6.14. The standard InChI is InChI=1S/C20H26N2O.ClH/c1-14-8-7-9-15(2)18(14)12-13-22-20(23)16(3)19(21)17-10-5-4-6-11-17;/h4-11,16,19H,12-13,21H2,1-3H3,(H,22,23);1H. The predicted octanol–water partition coefficient (Wildman–Crippen LogP) is 3.72. The number of benzene rings is 2. The number of hydrogen-bond donors (Lipinski definition) is 2. The average Bonchev–Trinajstić information content (AvgIpc) is 2.56. The van der Waals surface area contributed by atoms with Crippen LogP contribution in [0, 0.1) is 19.8 Å². The molecule has 0 aliphatic carbocycles. The third-order valence-corrected chi connectivity index (χ3v) is 4.46. The van der Waals surface area contributed by atoms with Crippen LogP contribution in [0.5, 0.6) is 0 Å². The van der Waals surface area contributed by atoms with Crippen molar-refractivity contribution in [1.82, 2.24) is 5.32 Å². The Morgan fingerprint density at radius 3 is 2.21 bits per heavy atom. The molecule has 2 aromatic rings. The number of nitrogens with one attached hydrogen (secondary N) is 1. The molecule has 0 aromatic heterocycles. The number of hydrogen-bond acceptors (Lipinski definition) is 2. The molecule has 2 atom stereocenters. The summed E-state index contributed by atoms with van der Waals surface area (Å²) in [5.41, 5.74) is 11.1. The zero-order chi connectivity index (χ0) is 16.8. The lowest BCUT2D eigenvalue weighted by Crippen LogP contribution is -2.36. The van der Waals surface area contributed by atoms with Crippen LogP contribution in [0.15, 0.2) is 48.5 Å². The van der Waals surface area contributed by atoms with Crippen molar-refractivity contribution in [3.8, 4) is 0 Å². The fourth-order valence-corrected chi connectivity index (χ4v) is 2.84. The lowest BCUT2D eigenvalue weighted by Gasteiger charge is -2.20. The number of carbonyl (C=O) groups is 1. The predicted molar refractivity (Wildman–Crippen MR) is 102 cm³/mol. The van der Waals surface area contributed by atoms with E-state index in [2.05, 4.69) is 37.4 Å². The Balaban J connectivity index is 0.00000288. The Hall–Kier alpha value is -1.84. The quantitative estimate of drug-likeness (QED) is 0.837. The number of nitrogens with two attached hydrogens (primary N) is 1. The van der Waals surface area contributed by atoms with Gasteiger partial charge in [-0.15, -0.1) is 12.4 Å². The van der Waals surface area contributed by atoms with Crippen molar-refractivity contribution in [1.29, 1.82) is 0 Å². The molecule has 2 aromatic carbocycles. The normalized spacial score (nSPS) is 12.8. The fraction of sp³-hybridized carbons (Fsp3) is 0.350. The second-order valence-electron chi connectivity index (χ2n) is 6.14. The van der Waals surface area contributed by atoms with Gasteiger partial charge in [-0.25, -0.2) is 0 Å². The molecule has 1 amide bonds. The first-order chi connectivity index (χ1) is 11.0. The summed E-state index contributed by atoms with van der Waals surface area (Å²) >= 11 is 0. The van der Waals surface area contributed by atoms with Crippen LogP contribution in [0.2, 0.25) is 0 Å². The van der Waals surface area contributed by atoms with Gasteiger partial charge >= 0.3 is 0 Å². The zero-order valence-corrected chi connectivity index (χ0v) is 15.4. The molecule has 4 heteroatoms. The summed E-state index contributed by atoms with van der Waals surface area (Å²) in [6.45, 7) is 6.73. The van der Waals surface area contributed by atoms with Crippen LogP contribution in [0.3, 0.4) is 0 Å². The lowest BCUT2D eigenvalue weighted by atomic mass is 9.94. The van der Waals surface area contributed by atoms with Crippen molar-refractivity contribution < 1.29 is 4.79 Å². The van der Waals surface area contributed by atoms with Gasteiger partial charge in [0.2, 0.25) is 5.91 Å². The second kappa shape index (κ2) is 9.45. The van der Waals surface area contributed by atoms with Crippen molar-refractivity contribution in [3.05, 3.63) is 70.8 Å². The summed E-state index contributed by atoms with van der Waals surface area (Å²) in [4.78, 5) is 12.3. The van der Waals surface area contributed by atoms with Gasteiger partial charge in [0.05, 0.1) is 5.92 Å². The molecule has 3 N–H and O–H groups in total. The maximum Gasteiger partial charge on any atom is 0.224 e. The molecular formula is C20H27ClN2O. The molecule has 2 unspecified atom stereocenters. The van der Waals surface area contributed by atoms with Crippen LogP contribution in [-0.4, -0.2) is 12.5 Å². The minimum absolute atomic E-state index is 0. The van der Waals surface area contributed by atoms with Crippen molar-refractivity contribution in [2.24, 2.45) is 11.7 Å². The molecule has 0 saturated carbocycles. The first-order valence-electron chi connectivity index (χ1n) is 8.14. The van der Waals surface area contributed by atoms with Gasteiger partial charge < -0.3 is 11.1 Å². The SMILES string of the molecule is Cc1cccc(C)c1CCNC(=O)C(C)C(N)c1ccccc1.Cl. The van der Waals surface area contributed by atoms with Gasteiger partial charge in [0.1, 0.15) is 0 Å². The van der Waals surface area contributed by atoms with Crippen LogP contribution in [-0.2, 0) is 11.2 Å². The van der Waals surface area contributed by atoms with E-state index in [4.69, 9.17) is 5.73 Å². The minimum Gasteiger partial charge on any atom is -0.355 e. The first-order valence-corrected chi connectivity index (χ1v) is 8.14. The number of rotatable bonds is 6. The van der Waals surface area contributed by atoms with Gasteiger partial charge in [-0.2, -0.15) is 0 Å². The number of carbonyl (C=O) groups excluding carboxylic acids is 1. The Morgan fingerprint density at radius 2 is 1.62 bits per heavy atom. The van der Waals surface area contributed by atoms with Crippen LogP contribution in [0.25, 0.3) is 0 Å². The van der Waals surface area contributed by atoms with E-state index < -0.39 is 0 Å². The summed E-state index contributed by atoms with van der Waals surface area (Å²) < 4.78 is 0. The van der Waals surface area contributed by atoms with Gasteiger partial charge in [0.25, 0.3) is 0 Å². The minimum atomic E-state index is -0.281. The molecule has 0 bridgehead atoms. The van der Waals surface area contributed by atoms with Gasteiger partial charge in [0, 0.05) is 12.6 Å². The Labute approximate surface area is 151 Å². The Morgan fingerprint density at radius 1 is 1.04 bits per heavy atom. The topological polar surface area (TPSA) is 55.1 Å². The van der Waals surface area contributed by atoms with E-state index in [0.29, 0.717) is 6.54 Å². The highest BCUT2D eigenvalue weighted by Gasteiger charge is 2.21. The van der Waals surface area contributed by atoms with E-state index in [0.717, 1.165) is 12.0 Å². The number of aryl methyl sites for hydroxylation is 2. The van der Waals surface area contributed by atoms with Crippen molar-refractivity contribution in [2.75, 3.05) is 6.54 Å². The smallest absolute Gasteiger partial charge is 0.224 e. The van der Waals surface area contributed by atoms with Crippen molar-refractivity contribution in [3.63, 3.8) is 0 Å². The summed E-state index contributed by atoms with van der Waals surface area (Å²) in [7, 11) is 0. The largest absolute Gasteiger partial charge is 0.355 e. The summed E-state index contributed by atoms with van der Waals surface area (Å²) in [5.74, 6) is -0.247. The van der Waals surface area contributed by atoms with Gasteiger partial charge in [0.15, 0.2) is 0 Å². The summed E-state index contributed by atoms with van der Waals surface area (Å²) in [6, 6.07) is 15.8. The molecule has 0 heterocycles. The summed E-state index contributed by atoms with van der Waals surface area (Å²) in [6.07, 6.45) is 0.845. The highest BCUT2D eigenvalue weighted by Crippen LogP contribution is 2.19. The van der Waals surface area contributed by atoms with Crippen LogP contribution in [0.1, 0.15) is 35.2 Å². The molecule has 0 aliphatic rings. The maximum atomic E-state index is 12.3. The maximum absolute atomic E-state index is 12.3. The van der Waals surface area contributed by atoms with E-state index in [-0.39, 0.29) is 30.3 Å². The molecule has 3 nitrogen and oxygen atoms in total. The van der Waals surface area contributed by atoms with E-state index in [1.54, 1.807) is 0 Å². The number of amides is 1. The lowest BCUT2D eigenvalue weighted by molar-refractivity contribution is -0.125. The number of halogens is 1. The van der Waals surface area contributed by atoms with E-state index in [1.165, 1.54) is 16.7 Å². The van der Waals surface area contributed by atoms with Gasteiger partial charge in [-0.3, -0.25) is 4.79 Å². The van der Waals surface area contributed by atoms with Crippen LogP contribution < -0.4 is 11.1 Å². The monoisotopic (exact) mass is 346 g/mol. The van der Waals surface area contributed by atoms with Crippen molar-refractivity contribution in [2.45, 2.75) is 33.2 Å². The first kappa shape index (κ1) is 20.2. The van der Waals surface area contributed by atoms with Crippen LogP contribution in [0.4, 0.5) is 0 Å². The van der Waals surface area contributed by atoms with Crippen molar-refractivity contribution >= 4 is 18.3 Å². The molecule has 0 saturated heterocycles. The Kier molecular flexibility index (Phi) is 7.96. The van der Waals surface area contributed by atoms with Crippen LogP contribution >= 0.6 is 12.4 Å². The molecule has 130 valence electrons. The molecular weight excluding hydrogens is 320 g/mol. The highest BCUT2D eigenvalue weighted by molar-refractivity contribution is 5.85. The summed E-state index contributed by atoms with van der Waals surface area (Å²) in [5, 5.41) is 3.02.